The molecular weight excluding hydrogens is 1530 g/mol. The second kappa shape index (κ2) is 33.8. The van der Waals surface area contributed by atoms with Gasteiger partial charge in [-0.1, -0.05) is 48.6 Å². The molecule has 18 rings (SSSR count). The van der Waals surface area contributed by atoms with Crippen LogP contribution in [0.1, 0.15) is 119 Å². The number of phenolic OH excluding ortho intramolecular Hbond substituents is 2. The van der Waals surface area contributed by atoms with Crippen molar-refractivity contribution >= 4 is 107 Å². The summed E-state index contributed by atoms with van der Waals surface area (Å²) in [6, 6.07) is 19.2. The zero-order valence-electron chi connectivity index (χ0n) is 66.6. The summed E-state index contributed by atoms with van der Waals surface area (Å²) in [6.07, 6.45) is 19.4. The van der Waals surface area contributed by atoms with Crippen LogP contribution in [0.3, 0.4) is 0 Å². The smallest absolute Gasteiger partial charge is 0.260 e. The zero-order valence-corrected chi connectivity index (χ0v) is 66.6. The molecule has 0 bridgehead atoms. The van der Waals surface area contributed by atoms with Gasteiger partial charge in [-0.25, -0.2) is 0 Å². The number of carbonyl (C=O) groups excluding carboxylic acids is 7. The Morgan fingerprint density at radius 1 is 0.471 bits per heavy atom. The highest BCUT2D eigenvalue weighted by Gasteiger charge is 2.43. The lowest BCUT2D eigenvalue weighted by Crippen LogP contribution is -2.43. The second-order valence-corrected chi connectivity index (χ2v) is 30.0. The Morgan fingerprint density at radius 2 is 0.832 bits per heavy atom. The Bertz CT molecular complexity index is 5250. The van der Waals surface area contributed by atoms with Gasteiger partial charge in [0.25, 0.3) is 35.4 Å². The van der Waals surface area contributed by atoms with E-state index in [1.54, 1.807) is 118 Å². The Balaban J connectivity index is 0.000000129. The number of rotatable bonds is 16. The summed E-state index contributed by atoms with van der Waals surface area (Å²) in [5, 5.41) is 23.2. The van der Waals surface area contributed by atoms with Crippen molar-refractivity contribution in [2.24, 2.45) is 30.7 Å². The fourth-order valence-electron chi connectivity index (χ4n) is 16.3. The highest BCUT2D eigenvalue weighted by molar-refractivity contribution is 6.08. The molecule has 5 saturated heterocycles. The van der Waals surface area contributed by atoms with E-state index in [1.165, 1.54) is 60.9 Å². The molecule has 0 saturated carbocycles. The number of allylic oxidation sites excluding steroid dienone is 1. The van der Waals surface area contributed by atoms with E-state index in [-0.39, 0.29) is 103 Å². The van der Waals surface area contributed by atoms with Gasteiger partial charge in [-0.05, 0) is 106 Å². The molecule has 7 atom stereocenters. The van der Waals surface area contributed by atoms with E-state index in [9.17, 15) is 43.8 Å². The maximum atomic E-state index is 13.2. The van der Waals surface area contributed by atoms with Crippen molar-refractivity contribution in [1.29, 1.82) is 0 Å². The van der Waals surface area contributed by atoms with Gasteiger partial charge in [0.15, 0.2) is 57.5 Å². The van der Waals surface area contributed by atoms with Crippen molar-refractivity contribution in [2.45, 2.75) is 101 Å². The van der Waals surface area contributed by atoms with E-state index < -0.39 is 12.1 Å². The number of carbonyl (C=O) groups is 7. The van der Waals surface area contributed by atoms with E-state index in [2.05, 4.69) is 50.0 Å². The molecule has 7 amide bonds. The van der Waals surface area contributed by atoms with Gasteiger partial charge in [-0.3, -0.25) is 58.5 Å². The van der Waals surface area contributed by atoms with Crippen molar-refractivity contribution in [3.05, 3.63) is 172 Å². The maximum absolute atomic E-state index is 13.2. The molecule has 5 fully saturated rings. The minimum atomic E-state index is -0.545. The van der Waals surface area contributed by atoms with Crippen LogP contribution in [0.5, 0.6) is 63.2 Å². The number of aliphatic imine (C=N–C) groups is 5. The molecule has 12 heterocycles. The molecule has 0 aromatic heterocycles. The minimum absolute atomic E-state index is 0.0160. The molecule has 5 N–H and O–H groups in total. The number of primary amides is 1. The molecule has 119 heavy (non-hydrogen) atoms. The third-order valence-corrected chi connectivity index (χ3v) is 22.4. The first-order valence-corrected chi connectivity index (χ1v) is 38.6. The topological polar surface area (TPSA) is 372 Å². The Labute approximate surface area is 685 Å². The lowest BCUT2D eigenvalue weighted by molar-refractivity contribution is -0.113. The summed E-state index contributed by atoms with van der Waals surface area (Å²) in [7, 11) is 9.04. The highest BCUT2D eigenvalue weighted by atomic mass is 16.7. The van der Waals surface area contributed by atoms with Gasteiger partial charge in [0.2, 0.25) is 19.5 Å². The average Bonchev–Trinajstić information content (AvgIpc) is 1.51. The Morgan fingerprint density at radius 3 is 1.20 bits per heavy atom. The van der Waals surface area contributed by atoms with Crippen LogP contribution in [0.15, 0.2) is 158 Å². The summed E-state index contributed by atoms with van der Waals surface area (Å²) < 4.78 is 56.2. The van der Waals surface area contributed by atoms with Crippen molar-refractivity contribution in [3.63, 3.8) is 0 Å². The quantitative estimate of drug-likeness (QED) is 0.0303. The van der Waals surface area contributed by atoms with E-state index >= 15 is 0 Å². The summed E-state index contributed by atoms with van der Waals surface area (Å²) >= 11 is 0. The highest BCUT2D eigenvalue weighted by Crippen LogP contribution is 2.46. The number of methoxy groups -OCH3 is 6. The number of nitrogens with zero attached hydrogens (tertiary/aromatic N) is 11. The molecule has 0 spiro atoms. The van der Waals surface area contributed by atoms with Crippen LogP contribution in [-0.2, 0) is 9.53 Å². The molecular formula is C87H89N13O19. The monoisotopic (exact) mass is 1620 g/mol. The van der Waals surface area contributed by atoms with Gasteiger partial charge < -0.3 is 98.0 Å². The van der Waals surface area contributed by atoms with Crippen molar-refractivity contribution in [1.82, 2.24) is 29.4 Å². The third kappa shape index (κ3) is 16.0. The Kier molecular flexibility index (Phi) is 22.8. The molecule has 0 radical (unpaired) electrons. The third-order valence-electron chi connectivity index (χ3n) is 22.4. The number of phenols is 2. The molecule has 32 nitrogen and oxygen atoms in total. The SMILES string of the molecule is C=C1C[C@H]2C=Nc3cc(O)c(OC)cc3C(=O)N2C1.C=C1C[C@H]2C=Nc3cc(OCOc4cc5c(cc4OC)C(=O)N4CC(=C)C[C@H]4C=N5)c(OC)cc3C(=O)N2C1.CO[C@H]1Nc2c(ccc(C)c2O)C(=O)N2C=C(/C=C/C(N)=O)C[C@@H]12.COc1cc2c(cc1OCOc1cc3c(cc1OC)C(=O)N1CCC[C@H]1C=N3)N=C[C@@H]1CCCN1C2=O. The van der Waals surface area contributed by atoms with Crippen LogP contribution in [0, 0.1) is 6.92 Å². The Hall–Kier alpha value is -13.8. The normalized spacial score (nSPS) is 21.6. The van der Waals surface area contributed by atoms with Crippen molar-refractivity contribution < 1.29 is 91.1 Å². The van der Waals surface area contributed by atoms with Gasteiger partial charge in [0.1, 0.15) is 12.0 Å². The molecule has 0 unspecified atom stereocenters. The van der Waals surface area contributed by atoms with Gasteiger partial charge in [0, 0.05) is 114 Å². The first kappa shape index (κ1) is 80.4. The number of hydrogen-bond donors (Lipinski definition) is 4. The van der Waals surface area contributed by atoms with Gasteiger partial charge in [-0.15, -0.1) is 0 Å². The number of aryl methyl sites for hydroxylation is 1. The summed E-state index contributed by atoms with van der Waals surface area (Å²) in [5.74, 6) is 2.18. The van der Waals surface area contributed by atoms with E-state index in [0.29, 0.717) is 158 Å². The number of benzene rings is 6. The summed E-state index contributed by atoms with van der Waals surface area (Å²) in [4.78, 5) is 122. The summed E-state index contributed by atoms with van der Waals surface area (Å²) in [5.41, 5.74) is 15.2. The number of amides is 7. The maximum Gasteiger partial charge on any atom is 0.260 e. The standard InChI is InChI=1S/C29H28N4O6.C27H28N4O6.C17H19N3O4.C14H14N2O3/c1-16-5-18-11-30-22-9-26(24(36-3)7-20(22)28(34)32(18)13-16)38-15-39-27-10-23-21(8-25(27)37-4)29(35)33-14-17(2)6-19(33)12-31-23;1-34-22-9-18-20(28-13-16-5-3-7-30(16)26(18)32)11-24(22)36-15-37-25-12-21-19(10-23(25)35-2)27(33)31-8-4-6-17(31)14-29-21;1-9-3-5-11-14(15(9)22)19-16(24-2)12-7-10(4-6-13(18)21)8-20(12)17(11)23;1-8-3-9-6-15-11-5-12(17)13(19-2)4-10(11)14(18)16(9)7-8/h7-12,18-19H,1-2,5-6,13-15H2,3-4H3;9-14,16-17H,3-8,15H2,1-2H3;3-6,8,12,16,19,22H,7H2,1-2H3,(H2,18,21);4-6,9,17H,1,3,7H2,2H3/b;;6-4+;/t18-,19-;16-,17-;12-,16+;9-/m0000/s1. The fourth-order valence-corrected chi connectivity index (χ4v) is 16.3. The van der Waals surface area contributed by atoms with Crippen molar-refractivity contribution in [3.8, 4) is 63.2 Å². The van der Waals surface area contributed by atoms with Gasteiger partial charge in [-0.2, -0.15) is 0 Å². The summed E-state index contributed by atoms with van der Waals surface area (Å²) in [6.45, 7) is 16.4. The fraction of sp³-hybridized carbons (Fsp3) is 0.333. The molecule has 12 aliphatic rings. The van der Waals surface area contributed by atoms with E-state index in [1.807, 2.05) is 22.2 Å². The first-order valence-electron chi connectivity index (χ1n) is 38.6. The zero-order chi connectivity index (χ0) is 83.8. The van der Waals surface area contributed by atoms with Crippen LogP contribution < -0.4 is 53.7 Å². The number of fused-ring (bicyclic) bond motifs is 12. The van der Waals surface area contributed by atoms with Crippen LogP contribution in [0.2, 0.25) is 0 Å². The van der Waals surface area contributed by atoms with Crippen LogP contribution in [-0.4, -0.2) is 243 Å². The predicted molar refractivity (Wildman–Crippen MR) is 442 cm³/mol. The molecule has 32 heteroatoms. The lowest BCUT2D eigenvalue weighted by Gasteiger charge is -2.27. The molecule has 6 aromatic carbocycles. The van der Waals surface area contributed by atoms with E-state index in [4.69, 9.17) is 53.1 Å². The minimum Gasteiger partial charge on any atom is -0.505 e. The number of aromatic hydroxyl groups is 2. The first-order chi connectivity index (χ1) is 57.4. The van der Waals surface area contributed by atoms with Crippen LogP contribution >= 0.6 is 0 Å². The van der Waals surface area contributed by atoms with Gasteiger partial charge >= 0.3 is 0 Å². The number of ether oxygens (including phenoxy) is 10. The molecule has 0 aliphatic carbocycles. The number of nitrogens with one attached hydrogen (secondary N) is 1. The molecule has 6 aromatic rings. The van der Waals surface area contributed by atoms with Crippen LogP contribution in [0.25, 0.3) is 0 Å². The number of nitrogens with two attached hydrogens (primary N) is 1. The van der Waals surface area contributed by atoms with Crippen LogP contribution in [0.4, 0.5) is 34.1 Å². The van der Waals surface area contributed by atoms with Gasteiger partial charge in [0.05, 0.1) is 139 Å². The average molecular weight is 1620 g/mol. The number of anilines is 1. The van der Waals surface area contributed by atoms with E-state index in [0.717, 1.165) is 67.5 Å². The molecule has 616 valence electrons. The largest absolute Gasteiger partial charge is 0.505 e. The van der Waals surface area contributed by atoms with Crippen molar-refractivity contribution in [2.75, 3.05) is 94.3 Å². The lowest BCUT2D eigenvalue weighted by atomic mass is 10.1. The number of hydrogen-bond acceptors (Lipinski definition) is 25. The predicted octanol–water partition coefficient (Wildman–Crippen LogP) is 11.0. The molecule has 12 aliphatic heterocycles. The second-order valence-electron chi connectivity index (χ2n) is 30.0.